The van der Waals surface area contributed by atoms with E-state index in [2.05, 4.69) is 20.8 Å². The van der Waals surface area contributed by atoms with Gasteiger partial charge in [-0.2, -0.15) is 0 Å². The number of hydrogen-bond acceptors (Lipinski definition) is 1. The van der Waals surface area contributed by atoms with Crippen LogP contribution in [0.5, 0.6) is 0 Å². The van der Waals surface area contributed by atoms with Crippen LogP contribution in [0.1, 0.15) is 59.3 Å². The van der Waals surface area contributed by atoms with Crippen molar-refractivity contribution in [1.82, 2.24) is 0 Å². The van der Waals surface area contributed by atoms with E-state index < -0.39 is 0 Å². The molecule has 0 aromatic carbocycles. The Morgan fingerprint density at radius 1 is 1.12 bits per heavy atom. The predicted octanol–water partition coefficient (Wildman–Crippen LogP) is 3.58. The Hall–Kier alpha value is -0.0400. The molecule has 4 aliphatic rings. The zero-order chi connectivity index (χ0) is 11.6. The summed E-state index contributed by atoms with van der Waals surface area (Å²) >= 11 is 0. The molecule has 4 saturated carbocycles. The molecule has 4 fully saturated rings. The molecule has 0 aliphatic heterocycles. The molecule has 2 atom stereocenters. The van der Waals surface area contributed by atoms with Crippen molar-refractivity contribution < 1.29 is 0 Å². The largest absolute Gasteiger partial charge is 0.326 e. The summed E-state index contributed by atoms with van der Waals surface area (Å²) in [6.45, 7) is 6.96. The van der Waals surface area contributed by atoms with E-state index in [1.54, 1.807) is 0 Å². The van der Waals surface area contributed by atoms with E-state index in [0.717, 1.165) is 23.7 Å². The zero-order valence-corrected chi connectivity index (χ0v) is 11.1. The number of hydrogen-bond donors (Lipinski definition) is 1. The zero-order valence-electron chi connectivity index (χ0n) is 11.1. The van der Waals surface area contributed by atoms with Gasteiger partial charge in [0.15, 0.2) is 0 Å². The average Bonchev–Trinajstić information content (AvgIpc) is 2.06. The quantitative estimate of drug-likeness (QED) is 0.758. The maximum Gasteiger partial charge on any atom is 0.00998 e. The molecule has 0 amide bonds. The van der Waals surface area contributed by atoms with E-state index in [0.29, 0.717) is 5.41 Å². The monoisotopic (exact) mass is 221 g/mol. The van der Waals surface area contributed by atoms with Gasteiger partial charge in [0.05, 0.1) is 0 Å². The van der Waals surface area contributed by atoms with Gasteiger partial charge in [-0.15, -0.1) is 0 Å². The fourth-order valence-electron chi connectivity index (χ4n) is 5.48. The fourth-order valence-corrected chi connectivity index (χ4v) is 5.48. The van der Waals surface area contributed by atoms with E-state index in [9.17, 15) is 0 Å². The lowest BCUT2D eigenvalue weighted by atomic mass is 9.46. The van der Waals surface area contributed by atoms with Gasteiger partial charge < -0.3 is 5.73 Å². The second-order valence-electron chi connectivity index (χ2n) is 8.14. The van der Waals surface area contributed by atoms with Gasteiger partial charge in [0, 0.05) is 5.54 Å². The van der Waals surface area contributed by atoms with Crippen molar-refractivity contribution in [2.75, 3.05) is 0 Å². The molecule has 4 aliphatic carbocycles. The van der Waals surface area contributed by atoms with Crippen molar-refractivity contribution in [3.05, 3.63) is 0 Å². The maximum absolute atomic E-state index is 6.25. The van der Waals surface area contributed by atoms with Crippen molar-refractivity contribution >= 4 is 0 Å². The first-order chi connectivity index (χ1) is 7.35. The summed E-state index contributed by atoms with van der Waals surface area (Å²) in [5.74, 6) is 4.04. The molecule has 4 rings (SSSR count). The molecule has 0 spiro atoms. The summed E-state index contributed by atoms with van der Waals surface area (Å²) in [4.78, 5) is 0. The van der Waals surface area contributed by atoms with Crippen LogP contribution in [-0.2, 0) is 0 Å². The highest BCUT2D eigenvalue weighted by Gasteiger charge is 2.53. The number of rotatable bonds is 2. The predicted molar refractivity (Wildman–Crippen MR) is 68.0 cm³/mol. The van der Waals surface area contributed by atoms with Crippen LogP contribution in [0.15, 0.2) is 0 Å². The number of nitrogens with two attached hydrogens (primary N) is 1. The minimum absolute atomic E-state index is 0.0426. The van der Waals surface area contributed by atoms with Gasteiger partial charge in [0.2, 0.25) is 0 Å². The van der Waals surface area contributed by atoms with E-state index in [-0.39, 0.29) is 5.54 Å². The second-order valence-corrected chi connectivity index (χ2v) is 8.14. The van der Waals surface area contributed by atoms with Crippen LogP contribution in [0.4, 0.5) is 0 Å². The van der Waals surface area contributed by atoms with Crippen LogP contribution in [-0.4, -0.2) is 5.54 Å². The Balaban J connectivity index is 1.79. The van der Waals surface area contributed by atoms with Crippen LogP contribution in [0.3, 0.4) is 0 Å². The average molecular weight is 221 g/mol. The topological polar surface area (TPSA) is 26.0 Å². The van der Waals surface area contributed by atoms with Gasteiger partial charge >= 0.3 is 0 Å². The first kappa shape index (κ1) is 11.1. The Labute approximate surface area is 100 Å². The van der Waals surface area contributed by atoms with Gasteiger partial charge in [0.25, 0.3) is 0 Å². The highest BCUT2D eigenvalue weighted by atomic mass is 14.7. The van der Waals surface area contributed by atoms with E-state index in [4.69, 9.17) is 5.73 Å². The molecule has 0 saturated heterocycles. The lowest BCUT2D eigenvalue weighted by molar-refractivity contribution is -0.0927. The molecule has 0 radical (unpaired) electrons. The molecule has 16 heavy (non-hydrogen) atoms. The first-order valence-electron chi connectivity index (χ1n) is 7.14. The summed E-state index contributed by atoms with van der Waals surface area (Å²) in [5.41, 5.74) is 7.00. The first-order valence-corrected chi connectivity index (χ1v) is 7.14. The van der Waals surface area contributed by atoms with Gasteiger partial charge in [-0.3, -0.25) is 0 Å². The summed E-state index contributed by atoms with van der Waals surface area (Å²) in [5, 5.41) is 0. The van der Waals surface area contributed by atoms with Crippen LogP contribution >= 0.6 is 0 Å². The molecule has 0 aromatic rings. The van der Waals surface area contributed by atoms with Gasteiger partial charge in [-0.05, 0) is 81.5 Å². The molecular weight excluding hydrogens is 194 g/mol. The minimum Gasteiger partial charge on any atom is -0.326 e. The summed E-state index contributed by atoms with van der Waals surface area (Å²) in [6.07, 6.45) is 8.82. The fraction of sp³-hybridized carbons (Fsp3) is 1.00. The lowest BCUT2D eigenvalue weighted by Crippen LogP contribution is -2.52. The SMILES string of the molecule is CC(C)(N)CC1C2CC3CC1CC(C)(C3)C2. The second kappa shape index (κ2) is 3.25. The third-order valence-electron chi connectivity index (χ3n) is 5.54. The van der Waals surface area contributed by atoms with Gasteiger partial charge in [-0.25, -0.2) is 0 Å². The van der Waals surface area contributed by atoms with Crippen LogP contribution in [0.25, 0.3) is 0 Å². The van der Waals surface area contributed by atoms with Crippen molar-refractivity contribution in [3.8, 4) is 0 Å². The smallest absolute Gasteiger partial charge is 0.00998 e. The molecule has 2 unspecified atom stereocenters. The highest BCUT2D eigenvalue weighted by molar-refractivity contribution is 5.04. The molecule has 1 heteroatoms. The van der Waals surface area contributed by atoms with E-state index in [1.165, 1.54) is 38.5 Å². The third kappa shape index (κ3) is 1.81. The normalized spacial score (nSPS) is 51.0. The molecule has 0 heterocycles. The molecular formula is C15H27N. The molecule has 0 aromatic heterocycles. The Morgan fingerprint density at radius 2 is 1.69 bits per heavy atom. The van der Waals surface area contributed by atoms with E-state index in [1.807, 2.05) is 0 Å². The van der Waals surface area contributed by atoms with Gasteiger partial charge in [-0.1, -0.05) is 6.92 Å². The third-order valence-corrected chi connectivity index (χ3v) is 5.54. The molecule has 92 valence electrons. The van der Waals surface area contributed by atoms with Crippen molar-refractivity contribution in [3.63, 3.8) is 0 Å². The summed E-state index contributed by atoms with van der Waals surface area (Å²) in [6, 6.07) is 0. The molecule has 4 bridgehead atoms. The van der Waals surface area contributed by atoms with Crippen molar-refractivity contribution in [2.24, 2.45) is 34.8 Å². The Kier molecular flexibility index (Phi) is 2.25. The van der Waals surface area contributed by atoms with Crippen molar-refractivity contribution in [2.45, 2.75) is 64.8 Å². The standard InChI is InChI=1S/C15H27N/c1-14(2,16)9-13-11-4-10-5-12(13)8-15(3,6-10)7-11/h10-13H,4-9,16H2,1-3H3. The lowest BCUT2D eigenvalue weighted by Gasteiger charge is -2.60. The van der Waals surface area contributed by atoms with Crippen LogP contribution in [0, 0.1) is 29.1 Å². The summed E-state index contributed by atoms with van der Waals surface area (Å²) < 4.78 is 0. The maximum atomic E-state index is 6.25. The molecule has 2 N–H and O–H groups in total. The molecule has 1 nitrogen and oxygen atoms in total. The summed E-state index contributed by atoms with van der Waals surface area (Å²) in [7, 11) is 0. The Bertz CT molecular complexity index is 272. The van der Waals surface area contributed by atoms with E-state index >= 15 is 0 Å². The van der Waals surface area contributed by atoms with Crippen LogP contribution < -0.4 is 5.73 Å². The Morgan fingerprint density at radius 3 is 2.12 bits per heavy atom. The highest BCUT2D eigenvalue weighted by Crippen LogP contribution is 2.63. The van der Waals surface area contributed by atoms with Gasteiger partial charge in [0.1, 0.15) is 0 Å². The minimum atomic E-state index is 0.0426. The van der Waals surface area contributed by atoms with Crippen molar-refractivity contribution in [1.29, 1.82) is 0 Å². The van der Waals surface area contributed by atoms with Crippen LogP contribution in [0.2, 0.25) is 0 Å².